The first kappa shape index (κ1) is 22.6. The molecule has 1 heterocycles. The van der Waals surface area contributed by atoms with E-state index in [1.54, 1.807) is 30.3 Å². The number of anilines is 2. The van der Waals surface area contributed by atoms with Crippen molar-refractivity contribution in [1.29, 1.82) is 0 Å². The molecule has 0 atom stereocenters. The number of rotatable bonds is 8. The van der Waals surface area contributed by atoms with Crippen molar-refractivity contribution in [3.05, 3.63) is 82.8 Å². The molecule has 0 aliphatic carbocycles. The van der Waals surface area contributed by atoms with Crippen LogP contribution in [0.15, 0.2) is 76.4 Å². The lowest BCUT2D eigenvalue weighted by Crippen LogP contribution is -2.20. The van der Waals surface area contributed by atoms with Gasteiger partial charge in [0.25, 0.3) is 21.8 Å². The number of nitrogens with two attached hydrogens (primary N) is 1. The lowest BCUT2D eigenvalue weighted by Gasteiger charge is -2.13. The van der Waals surface area contributed by atoms with E-state index in [9.17, 15) is 22.8 Å². The summed E-state index contributed by atoms with van der Waals surface area (Å²) in [6, 6.07) is 16.5. The molecule has 2 amide bonds. The maximum atomic E-state index is 13.0. The third-order valence-electron chi connectivity index (χ3n) is 4.69. The van der Waals surface area contributed by atoms with Gasteiger partial charge in [-0.3, -0.25) is 14.3 Å². The van der Waals surface area contributed by atoms with Gasteiger partial charge in [0.2, 0.25) is 0 Å². The highest BCUT2D eigenvalue weighted by atomic mass is 32.2. The fourth-order valence-electron chi connectivity index (χ4n) is 3.17. The summed E-state index contributed by atoms with van der Waals surface area (Å²) in [7, 11) is -4.08. The minimum Gasteiger partial charge on any atom is -0.484 e. The van der Waals surface area contributed by atoms with Crippen molar-refractivity contribution in [1.82, 2.24) is 9.97 Å². The number of aromatic amines is 2. The first-order chi connectivity index (χ1) is 16.2. The Bertz CT molecular complexity index is 1560. The number of para-hydroxylation sites is 1. The van der Waals surface area contributed by atoms with Crippen LogP contribution in [0.25, 0.3) is 11.0 Å². The molecule has 0 spiro atoms. The van der Waals surface area contributed by atoms with E-state index in [1.165, 1.54) is 36.4 Å². The number of aromatic nitrogens is 2. The van der Waals surface area contributed by atoms with Gasteiger partial charge in [-0.1, -0.05) is 18.2 Å². The average Bonchev–Trinajstić information content (AvgIpc) is 3.17. The molecule has 6 N–H and O–H groups in total. The predicted octanol–water partition coefficient (Wildman–Crippen LogP) is 1.77. The van der Waals surface area contributed by atoms with Gasteiger partial charge in [0.15, 0.2) is 6.61 Å². The summed E-state index contributed by atoms with van der Waals surface area (Å²) in [4.78, 5) is 40.2. The van der Waals surface area contributed by atoms with Gasteiger partial charge in [0, 0.05) is 11.8 Å². The highest BCUT2D eigenvalue weighted by Gasteiger charge is 2.19. The Balaban J connectivity index is 1.56. The second kappa shape index (κ2) is 9.11. The molecular formula is C22H19N5O6S. The fourth-order valence-corrected chi connectivity index (χ4v) is 4.27. The van der Waals surface area contributed by atoms with Crippen LogP contribution in [0.1, 0.15) is 10.4 Å². The molecule has 4 rings (SSSR count). The predicted molar refractivity (Wildman–Crippen MR) is 125 cm³/mol. The molecule has 0 unspecified atom stereocenters. The number of H-pyrrole nitrogens is 2. The summed E-state index contributed by atoms with van der Waals surface area (Å²) < 4.78 is 33.6. The van der Waals surface area contributed by atoms with Gasteiger partial charge >= 0.3 is 5.69 Å². The van der Waals surface area contributed by atoms with Crippen molar-refractivity contribution in [2.24, 2.45) is 5.73 Å². The Labute approximate surface area is 193 Å². The van der Waals surface area contributed by atoms with Gasteiger partial charge in [-0.05, 0) is 42.5 Å². The second-order valence-electron chi connectivity index (χ2n) is 7.17. The molecule has 4 aromatic rings. The topological polar surface area (TPSA) is 176 Å². The number of carbonyl (C=O) groups excluding carboxylic acids is 2. The number of imidazole rings is 1. The maximum Gasteiger partial charge on any atom is 0.323 e. The SMILES string of the molecule is NC(=O)COc1cccc(NC(=O)c2ccccc2NS(=O)(=O)c2ccc3[nH]c(=O)[nH]c3c2)c1. The Morgan fingerprint density at radius 3 is 2.50 bits per heavy atom. The molecule has 1 aromatic heterocycles. The third-order valence-corrected chi connectivity index (χ3v) is 6.05. The number of primary amides is 1. The largest absolute Gasteiger partial charge is 0.484 e. The molecule has 174 valence electrons. The van der Waals surface area contributed by atoms with Crippen LogP contribution in [0.3, 0.4) is 0 Å². The Morgan fingerprint density at radius 1 is 0.941 bits per heavy atom. The van der Waals surface area contributed by atoms with E-state index in [0.717, 1.165) is 0 Å². The van der Waals surface area contributed by atoms with Gasteiger partial charge in [0.05, 0.1) is 27.2 Å². The van der Waals surface area contributed by atoms with Gasteiger partial charge < -0.3 is 25.8 Å². The van der Waals surface area contributed by atoms with Crippen LogP contribution >= 0.6 is 0 Å². The molecule has 0 bridgehead atoms. The number of amides is 2. The summed E-state index contributed by atoms with van der Waals surface area (Å²) in [5.41, 5.74) is 5.91. The Morgan fingerprint density at radius 2 is 1.71 bits per heavy atom. The summed E-state index contributed by atoms with van der Waals surface area (Å²) >= 11 is 0. The van der Waals surface area contributed by atoms with Crippen molar-refractivity contribution in [2.45, 2.75) is 4.90 Å². The quantitative estimate of drug-likeness (QED) is 0.256. The van der Waals surface area contributed by atoms with E-state index in [2.05, 4.69) is 20.0 Å². The molecule has 34 heavy (non-hydrogen) atoms. The van der Waals surface area contributed by atoms with Crippen LogP contribution in [0.4, 0.5) is 11.4 Å². The minimum atomic E-state index is -4.08. The molecule has 0 saturated heterocycles. The first-order valence-electron chi connectivity index (χ1n) is 9.88. The van der Waals surface area contributed by atoms with E-state index in [1.807, 2.05) is 0 Å². The molecule has 0 aliphatic heterocycles. The van der Waals surface area contributed by atoms with E-state index >= 15 is 0 Å². The standard InChI is InChI=1S/C22H19N5O6S/c23-20(28)12-33-14-5-3-4-13(10-14)24-21(29)16-6-1-2-7-17(16)27-34(31,32)15-8-9-18-19(11-15)26-22(30)25-18/h1-11,27H,12H2,(H2,23,28)(H,24,29)(H2,25,26,30). The highest BCUT2D eigenvalue weighted by molar-refractivity contribution is 7.92. The van der Waals surface area contributed by atoms with Gasteiger partial charge in [0.1, 0.15) is 5.75 Å². The summed E-state index contributed by atoms with van der Waals surface area (Å²) in [6.07, 6.45) is 0. The molecule has 0 fully saturated rings. The molecule has 0 aliphatic rings. The Kier molecular flexibility index (Phi) is 6.06. The number of hydrogen-bond acceptors (Lipinski definition) is 6. The molecule has 3 aromatic carbocycles. The number of nitrogens with one attached hydrogen (secondary N) is 4. The van der Waals surface area contributed by atoms with Crippen molar-refractivity contribution < 1.29 is 22.7 Å². The maximum absolute atomic E-state index is 13.0. The molecule has 0 saturated carbocycles. The van der Waals surface area contributed by atoms with Crippen LogP contribution in [0, 0.1) is 0 Å². The average molecular weight is 481 g/mol. The van der Waals surface area contributed by atoms with E-state index in [0.29, 0.717) is 22.5 Å². The van der Waals surface area contributed by atoms with Crippen molar-refractivity contribution in [2.75, 3.05) is 16.6 Å². The second-order valence-corrected chi connectivity index (χ2v) is 8.86. The zero-order valence-corrected chi connectivity index (χ0v) is 18.3. The Hall–Kier alpha value is -4.58. The number of ether oxygens (including phenoxy) is 1. The fraction of sp³-hybridized carbons (Fsp3) is 0.0455. The number of sulfonamides is 1. The first-order valence-corrected chi connectivity index (χ1v) is 11.4. The lowest BCUT2D eigenvalue weighted by molar-refractivity contribution is -0.119. The van der Waals surface area contributed by atoms with Gasteiger partial charge in [-0.2, -0.15) is 0 Å². The van der Waals surface area contributed by atoms with E-state index in [-0.39, 0.29) is 22.8 Å². The summed E-state index contributed by atoms with van der Waals surface area (Å²) in [5.74, 6) is -0.891. The van der Waals surface area contributed by atoms with Gasteiger partial charge in [-0.15, -0.1) is 0 Å². The summed E-state index contributed by atoms with van der Waals surface area (Å²) in [5, 5.41) is 2.67. The minimum absolute atomic E-state index is 0.0591. The van der Waals surface area contributed by atoms with Crippen molar-refractivity contribution >= 4 is 44.2 Å². The number of fused-ring (bicyclic) bond motifs is 1. The van der Waals surface area contributed by atoms with Crippen LogP contribution in [0.2, 0.25) is 0 Å². The monoisotopic (exact) mass is 481 g/mol. The molecule has 0 radical (unpaired) electrons. The van der Waals surface area contributed by atoms with E-state index in [4.69, 9.17) is 10.5 Å². The van der Waals surface area contributed by atoms with Crippen LogP contribution < -0.4 is 26.2 Å². The normalized spacial score (nSPS) is 11.2. The number of hydrogen-bond donors (Lipinski definition) is 5. The van der Waals surface area contributed by atoms with Crippen LogP contribution in [0.5, 0.6) is 5.75 Å². The third kappa shape index (κ3) is 5.07. The summed E-state index contributed by atoms with van der Waals surface area (Å²) in [6.45, 7) is -0.315. The molecule has 12 heteroatoms. The lowest BCUT2D eigenvalue weighted by atomic mass is 10.1. The molecule has 11 nitrogen and oxygen atoms in total. The van der Waals surface area contributed by atoms with Crippen LogP contribution in [-0.4, -0.2) is 36.8 Å². The highest BCUT2D eigenvalue weighted by Crippen LogP contribution is 2.24. The van der Waals surface area contributed by atoms with Crippen molar-refractivity contribution in [3.63, 3.8) is 0 Å². The van der Waals surface area contributed by atoms with Crippen molar-refractivity contribution in [3.8, 4) is 5.75 Å². The number of carbonyl (C=O) groups is 2. The molecular weight excluding hydrogens is 462 g/mol. The van der Waals surface area contributed by atoms with Crippen LogP contribution in [-0.2, 0) is 14.8 Å². The zero-order chi connectivity index (χ0) is 24.3. The number of benzene rings is 3. The van der Waals surface area contributed by atoms with Gasteiger partial charge in [-0.25, -0.2) is 13.2 Å². The smallest absolute Gasteiger partial charge is 0.323 e. The van der Waals surface area contributed by atoms with E-state index < -0.39 is 27.5 Å². The zero-order valence-electron chi connectivity index (χ0n) is 17.5.